The number of carboxylic acids is 2. The average Bonchev–Trinajstić information content (AvgIpc) is 3.83. The Morgan fingerprint density at radius 1 is 0.750 bits per heavy atom. The van der Waals surface area contributed by atoms with Gasteiger partial charge in [0.2, 0.25) is 0 Å². The number of carboxylic acid groups (broad SMARTS) is 2. The zero-order valence-corrected chi connectivity index (χ0v) is 24.3. The second kappa shape index (κ2) is 13.1. The molecular formula is C29H26F6N8O5. The molecule has 19 heteroatoms. The van der Waals surface area contributed by atoms with E-state index in [1.54, 1.807) is 0 Å². The van der Waals surface area contributed by atoms with Crippen LogP contribution in [0.5, 0.6) is 0 Å². The number of nitrogens with one attached hydrogen (secondary N) is 1. The molecule has 1 fully saturated rings. The van der Waals surface area contributed by atoms with E-state index in [0.29, 0.717) is 34.3 Å². The first-order valence-corrected chi connectivity index (χ1v) is 13.5. The van der Waals surface area contributed by atoms with Crippen molar-refractivity contribution in [2.45, 2.75) is 31.2 Å². The molecule has 0 saturated heterocycles. The molecule has 13 nitrogen and oxygen atoms in total. The molecule has 0 radical (unpaired) electrons. The second-order valence-electron chi connectivity index (χ2n) is 10.4. The molecule has 1 saturated carbocycles. The van der Waals surface area contributed by atoms with Crippen molar-refractivity contribution in [2.24, 2.45) is 23.2 Å². The van der Waals surface area contributed by atoms with E-state index in [1.807, 2.05) is 0 Å². The van der Waals surface area contributed by atoms with Gasteiger partial charge in [-0.1, -0.05) is 0 Å². The molecule has 0 aliphatic heterocycles. The molecule has 1 aromatic heterocycles. The number of anilines is 2. The molecule has 254 valence electrons. The number of carbonyl (C=O) groups excluding carboxylic acids is 1. The fourth-order valence-electron chi connectivity index (χ4n) is 4.26. The second-order valence-corrected chi connectivity index (χ2v) is 10.4. The summed E-state index contributed by atoms with van der Waals surface area (Å²) in [5.74, 6) is 7.64. The molecule has 0 unspecified atom stereocenters. The Hall–Kier alpha value is -5.82. The van der Waals surface area contributed by atoms with E-state index in [2.05, 4.69) is 10.3 Å². The number of hydrogen-bond donors (Lipinski definition) is 7. The standard InChI is InChI=1S/C29H26F6N8O5/c30-28(31,32)19-9-15(3-5-17(19)26(45)46)42(38)11-21(36)23-7-13(25(44)40-14-1-2-14)8-24(41-23)22(37)12-43(39)16-4-6-18(27(47)48)20(10-16)29(33,34)35/h3-12,14H,1-2,36-39H2,(H,40,44)(H,45,46)(H,47,48)/b21-11-,22-12-. The van der Waals surface area contributed by atoms with Gasteiger partial charge in [-0.25, -0.2) is 26.3 Å². The van der Waals surface area contributed by atoms with Gasteiger partial charge >= 0.3 is 24.3 Å². The van der Waals surface area contributed by atoms with Gasteiger partial charge in [0.05, 0.1) is 56.4 Å². The topological polar surface area (TPSA) is 227 Å². The van der Waals surface area contributed by atoms with Gasteiger partial charge in [-0.15, -0.1) is 0 Å². The quantitative estimate of drug-likeness (QED) is 0.0925. The van der Waals surface area contributed by atoms with E-state index >= 15 is 0 Å². The van der Waals surface area contributed by atoms with E-state index in [9.17, 15) is 40.7 Å². The first-order valence-electron chi connectivity index (χ1n) is 13.5. The van der Waals surface area contributed by atoms with Crippen LogP contribution in [-0.4, -0.2) is 39.1 Å². The van der Waals surface area contributed by atoms with Crippen LogP contribution in [0.15, 0.2) is 60.9 Å². The minimum absolute atomic E-state index is 0.0305. The molecule has 48 heavy (non-hydrogen) atoms. The van der Waals surface area contributed by atoms with Crippen molar-refractivity contribution in [3.05, 3.63) is 100 Å². The number of hydrogen-bond acceptors (Lipinski definition) is 10. The zero-order chi connectivity index (χ0) is 35.7. The molecule has 0 spiro atoms. The summed E-state index contributed by atoms with van der Waals surface area (Å²) in [6.07, 6.45) is -6.72. The number of rotatable bonds is 10. The van der Waals surface area contributed by atoms with Crippen LogP contribution in [0.2, 0.25) is 0 Å². The van der Waals surface area contributed by atoms with Crippen LogP contribution >= 0.6 is 0 Å². The third-order valence-corrected chi connectivity index (χ3v) is 6.82. The molecule has 1 aliphatic carbocycles. The number of aromatic carboxylic acids is 2. The van der Waals surface area contributed by atoms with Crippen molar-refractivity contribution in [1.29, 1.82) is 0 Å². The van der Waals surface area contributed by atoms with Gasteiger partial charge in [0.15, 0.2) is 0 Å². The monoisotopic (exact) mass is 680 g/mol. The molecular weight excluding hydrogens is 654 g/mol. The highest BCUT2D eigenvalue weighted by Gasteiger charge is 2.37. The van der Waals surface area contributed by atoms with E-state index in [0.717, 1.165) is 37.4 Å². The molecule has 1 heterocycles. The maximum atomic E-state index is 13.5. The molecule has 0 bridgehead atoms. The summed E-state index contributed by atoms with van der Waals surface area (Å²) >= 11 is 0. The summed E-state index contributed by atoms with van der Waals surface area (Å²) in [6.45, 7) is 0. The van der Waals surface area contributed by atoms with Crippen LogP contribution in [0.4, 0.5) is 37.7 Å². The third-order valence-electron chi connectivity index (χ3n) is 6.82. The van der Waals surface area contributed by atoms with Crippen LogP contribution in [-0.2, 0) is 12.4 Å². The Labute approximate surface area is 266 Å². The molecule has 1 aliphatic rings. The summed E-state index contributed by atoms with van der Waals surface area (Å²) < 4.78 is 81.1. The SMILES string of the molecule is N/C(=C\N(N)c1ccc(C(=O)O)c(C(F)(F)F)c1)c1cc(C(=O)NC2CC2)cc(/C(N)=C/N(N)c2ccc(C(=O)O)c(C(F)(F)F)c2)n1. The zero-order valence-electron chi connectivity index (χ0n) is 24.3. The smallest absolute Gasteiger partial charge is 0.417 e. The highest BCUT2D eigenvalue weighted by molar-refractivity contribution is 5.96. The summed E-state index contributed by atoms with van der Waals surface area (Å²) in [7, 11) is 0. The number of nitrogens with zero attached hydrogens (tertiary/aromatic N) is 3. The number of hydrazine groups is 2. The lowest BCUT2D eigenvalue weighted by molar-refractivity contribution is -0.138. The van der Waals surface area contributed by atoms with Gasteiger partial charge < -0.3 is 27.0 Å². The van der Waals surface area contributed by atoms with Gasteiger partial charge in [0.1, 0.15) is 0 Å². The predicted molar refractivity (Wildman–Crippen MR) is 159 cm³/mol. The number of nitrogens with two attached hydrogens (primary N) is 4. The largest absolute Gasteiger partial charge is 0.478 e. The van der Waals surface area contributed by atoms with Crippen molar-refractivity contribution < 1.29 is 50.9 Å². The highest BCUT2D eigenvalue weighted by Crippen LogP contribution is 2.36. The summed E-state index contributed by atoms with van der Waals surface area (Å²) in [6, 6.07) is 6.78. The number of benzene rings is 2. The van der Waals surface area contributed by atoms with Crippen LogP contribution < -0.4 is 38.5 Å². The summed E-state index contributed by atoms with van der Waals surface area (Å²) in [4.78, 5) is 39.8. The first kappa shape index (κ1) is 35.0. The van der Waals surface area contributed by atoms with Crippen molar-refractivity contribution in [3.8, 4) is 0 Å². The highest BCUT2D eigenvalue weighted by atomic mass is 19.4. The third kappa shape index (κ3) is 8.12. The number of amides is 1. The lowest BCUT2D eigenvalue weighted by atomic mass is 10.1. The molecule has 1 amide bonds. The Morgan fingerprint density at radius 3 is 1.48 bits per heavy atom. The van der Waals surface area contributed by atoms with E-state index < -0.39 is 52.5 Å². The van der Waals surface area contributed by atoms with Crippen LogP contribution in [0.3, 0.4) is 0 Å². The van der Waals surface area contributed by atoms with Crippen LogP contribution in [0.25, 0.3) is 11.4 Å². The Morgan fingerprint density at radius 2 is 1.15 bits per heavy atom. The summed E-state index contributed by atoms with van der Waals surface area (Å²) in [5, 5.41) is 22.3. The number of pyridine rings is 1. The van der Waals surface area contributed by atoms with E-state index in [1.165, 1.54) is 12.1 Å². The Kier molecular flexibility index (Phi) is 9.58. The summed E-state index contributed by atoms with van der Waals surface area (Å²) in [5.41, 5.74) is 5.75. The van der Waals surface area contributed by atoms with E-state index in [4.69, 9.17) is 33.4 Å². The minimum Gasteiger partial charge on any atom is -0.478 e. The fourth-order valence-corrected chi connectivity index (χ4v) is 4.26. The predicted octanol–water partition coefficient (Wildman–Crippen LogP) is 3.68. The molecule has 4 rings (SSSR count). The Balaban J connectivity index is 1.73. The van der Waals surface area contributed by atoms with Crippen molar-refractivity contribution >= 4 is 40.6 Å². The van der Waals surface area contributed by atoms with Gasteiger partial charge in [-0.3, -0.25) is 14.8 Å². The lowest BCUT2D eigenvalue weighted by Crippen LogP contribution is -2.28. The van der Waals surface area contributed by atoms with Crippen LogP contribution in [0.1, 0.15) is 66.4 Å². The number of halogens is 6. The van der Waals surface area contributed by atoms with Crippen molar-refractivity contribution in [3.63, 3.8) is 0 Å². The molecule has 0 atom stereocenters. The lowest BCUT2D eigenvalue weighted by Gasteiger charge is -2.19. The average molecular weight is 681 g/mol. The first-order chi connectivity index (χ1) is 22.3. The van der Waals surface area contributed by atoms with Crippen LogP contribution in [0, 0.1) is 0 Å². The maximum absolute atomic E-state index is 13.5. The van der Waals surface area contributed by atoms with Gasteiger partial charge in [0, 0.05) is 24.0 Å². The fraction of sp³-hybridized carbons (Fsp3) is 0.172. The Bertz CT molecular complexity index is 1720. The number of carbonyl (C=O) groups is 3. The normalized spacial score (nSPS) is 14.0. The van der Waals surface area contributed by atoms with E-state index in [-0.39, 0.29) is 45.8 Å². The molecule has 3 aromatic rings. The number of alkyl halides is 6. The van der Waals surface area contributed by atoms with Crippen molar-refractivity contribution in [2.75, 3.05) is 10.0 Å². The van der Waals surface area contributed by atoms with Gasteiger partial charge in [0.25, 0.3) is 5.91 Å². The molecule has 11 N–H and O–H groups in total. The maximum Gasteiger partial charge on any atom is 0.417 e. The van der Waals surface area contributed by atoms with Gasteiger partial charge in [-0.2, -0.15) is 26.3 Å². The van der Waals surface area contributed by atoms with Crippen molar-refractivity contribution in [1.82, 2.24) is 10.3 Å². The molecule has 2 aromatic carbocycles. The van der Waals surface area contributed by atoms with Gasteiger partial charge in [-0.05, 0) is 61.4 Å². The number of aromatic nitrogens is 1. The minimum atomic E-state index is -5.03.